The van der Waals surface area contributed by atoms with Crippen LogP contribution in [0, 0.1) is 0 Å². The molecular weight excluding hydrogens is 546 g/mol. The van der Waals surface area contributed by atoms with Gasteiger partial charge in [-0.15, -0.1) is 11.3 Å². The normalized spacial score (nSPS) is 14.0. The highest BCUT2D eigenvalue weighted by Crippen LogP contribution is 2.42. The van der Waals surface area contributed by atoms with Gasteiger partial charge >= 0.3 is 0 Å². The number of anilines is 3. The molecule has 42 heavy (non-hydrogen) atoms. The van der Waals surface area contributed by atoms with Gasteiger partial charge in [-0.3, -0.25) is 9.59 Å². The molecule has 8 nitrogen and oxygen atoms in total. The van der Waals surface area contributed by atoms with Crippen LogP contribution in [0.2, 0.25) is 0 Å². The molecule has 2 aliphatic rings. The summed E-state index contributed by atoms with van der Waals surface area (Å²) in [5, 5.41) is 2.87. The summed E-state index contributed by atoms with van der Waals surface area (Å²) in [6.07, 6.45) is 2.26. The number of pyridine rings is 2. The van der Waals surface area contributed by atoms with E-state index in [1.54, 1.807) is 18.3 Å². The lowest BCUT2D eigenvalue weighted by Gasteiger charge is -2.24. The maximum atomic E-state index is 14.0. The van der Waals surface area contributed by atoms with E-state index in [0.717, 1.165) is 38.8 Å². The van der Waals surface area contributed by atoms with Gasteiger partial charge < -0.3 is 19.9 Å². The van der Waals surface area contributed by atoms with Crippen molar-refractivity contribution in [1.82, 2.24) is 9.97 Å². The van der Waals surface area contributed by atoms with Crippen molar-refractivity contribution >= 4 is 40.5 Å². The molecule has 0 radical (unpaired) electrons. The summed E-state index contributed by atoms with van der Waals surface area (Å²) in [5.74, 6) is 1.79. The number of carbonyl (C=O) groups is 2. The highest BCUT2D eigenvalue weighted by molar-refractivity contribution is 7.17. The number of amides is 2. The molecular formula is C33H27N5O3S. The molecule has 7 rings (SSSR count). The van der Waals surface area contributed by atoms with Crippen LogP contribution in [-0.2, 0) is 13.0 Å². The lowest BCUT2D eigenvalue weighted by molar-refractivity contribution is 0.0981. The standard InChI is InChI=1S/C33H27N5O3S/c39-32(36-29-13-5-6-16-34-29)28-20-22-15-17-38(26-11-3-2-9-24(26)31(22)42-28)33(40)25-10-7-14-30(35-25)37-18-19-41-27-12-4-1-8-23(27)21-37/h1-14,16,20H,15,17-19,21H2,(H,34,36,39). The number of carbonyl (C=O) groups excluding carboxylic acids is 2. The Labute approximate surface area is 247 Å². The number of thiophene rings is 1. The number of aromatic nitrogens is 2. The highest BCUT2D eigenvalue weighted by atomic mass is 32.1. The van der Waals surface area contributed by atoms with E-state index >= 15 is 0 Å². The molecule has 0 atom stereocenters. The van der Waals surface area contributed by atoms with Crippen molar-refractivity contribution in [2.24, 2.45) is 0 Å². The minimum atomic E-state index is -0.195. The summed E-state index contributed by atoms with van der Waals surface area (Å²) in [4.78, 5) is 41.6. The second-order valence-electron chi connectivity index (χ2n) is 10.1. The molecule has 5 aromatic rings. The molecule has 2 amide bonds. The second-order valence-corrected chi connectivity index (χ2v) is 11.2. The first kappa shape index (κ1) is 25.9. The van der Waals surface area contributed by atoms with Crippen LogP contribution < -0.4 is 19.9 Å². The summed E-state index contributed by atoms with van der Waals surface area (Å²) in [6.45, 7) is 2.34. The van der Waals surface area contributed by atoms with Gasteiger partial charge in [-0.1, -0.05) is 48.5 Å². The molecule has 0 spiro atoms. The van der Waals surface area contributed by atoms with Crippen molar-refractivity contribution in [2.75, 3.05) is 34.8 Å². The van der Waals surface area contributed by atoms with E-state index in [0.29, 0.717) is 49.1 Å². The number of rotatable bonds is 4. The summed E-state index contributed by atoms with van der Waals surface area (Å²) in [7, 11) is 0. The molecule has 9 heteroatoms. The van der Waals surface area contributed by atoms with E-state index < -0.39 is 0 Å². The van der Waals surface area contributed by atoms with Crippen molar-refractivity contribution in [2.45, 2.75) is 13.0 Å². The van der Waals surface area contributed by atoms with Gasteiger partial charge in [-0.2, -0.15) is 0 Å². The fourth-order valence-electron chi connectivity index (χ4n) is 5.41. The minimum absolute atomic E-state index is 0.154. The molecule has 3 aromatic heterocycles. The third-order valence-electron chi connectivity index (χ3n) is 7.46. The molecule has 2 aromatic carbocycles. The van der Waals surface area contributed by atoms with Crippen LogP contribution in [-0.4, -0.2) is 41.5 Å². The first-order valence-electron chi connectivity index (χ1n) is 13.8. The highest BCUT2D eigenvalue weighted by Gasteiger charge is 2.28. The van der Waals surface area contributed by atoms with Gasteiger partial charge in [-0.25, -0.2) is 9.97 Å². The quantitative estimate of drug-likeness (QED) is 0.281. The first-order valence-corrected chi connectivity index (χ1v) is 14.6. The van der Waals surface area contributed by atoms with Crippen LogP contribution in [0.15, 0.2) is 97.2 Å². The van der Waals surface area contributed by atoms with Crippen LogP contribution in [0.1, 0.15) is 31.3 Å². The SMILES string of the molecule is O=C(Nc1ccccn1)c1cc2c(s1)-c1ccccc1N(C(=O)c1cccc(N3CCOc4ccccc4C3)n1)CC2. The Balaban J connectivity index is 1.16. The second kappa shape index (κ2) is 11.1. The average Bonchev–Trinajstić information content (AvgIpc) is 3.25. The van der Waals surface area contributed by atoms with E-state index in [1.165, 1.54) is 11.3 Å². The van der Waals surface area contributed by atoms with E-state index in [2.05, 4.69) is 21.3 Å². The maximum absolute atomic E-state index is 14.0. The Morgan fingerprint density at radius 2 is 1.74 bits per heavy atom. The molecule has 2 aliphatic heterocycles. The number of fused-ring (bicyclic) bond motifs is 4. The van der Waals surface area contributed by atoms with Crippen LogP contribution in [0.5, 0.6) is 5.75 Å². The molecule has 208 valence electrons. The number of para-hydroxylation sites is 2. The number of nitrogens with zero attached hydrogens (tertiary/aromatic N) is 4. The number of ether oxygens (including phenoxy) is 1. The zero-order valence-electron chi connectivity index (χ0n) is 22.7. The molecule has 0 fully saturated rings. The lowest BCUT2D eigenvalue weighted by atomic mass is 10.1. The Hall–Kier alpha value is -5.02. The van der Waals surface area contributed by atoms with E-state index in [4.69, 9.17) is 9.72 Å². The Morgan fingerprint density at radius 1 is 0.881 bits per heavy atom. The fraction of sp³-hybridized carbons (Fsp3) is 0.152. The van der Waals surface area contributed by atoms with Crippen LogP contribution in [0.25, 0.3) is 10.4 Å². The summed E-state index contributed by atoms with van der Waals surface area (Å²) < 4.78 is 5.93. The number of hydrogen-bond acceptors (Lipinski definition) is 7. The van der Waals surface area contributed by atoms with Gasteiger partial charge in [0.2, 0.25) is 0 Å². The number of benzene rings is 2. The van der Waals surface area contributed by atoms with Crippen molar-refractivity contribution in [3.63, 3.8) is 0 Å². The van der Waals surface area contributed by atoms with E-state index in [-0.39, 0.29) is 11.8 Å². The van der Waals surface area contributed by atoms with Gasteiger partial charge in [0.25, 0.3) is 11.8 Å². The first-order chi connectivity index (χ1) is 20.6. The lowest BCUT2D eigenvalue weighted by Crippen LogP contribution is -2.34. The molecule has 0 unspecified atom stereocenters. The van der Waals surface area contributed by atoms with Gasteiger partial charge in [-0.05, 0) is 54.4 Å². The third-order valence-corrected chi connectivity index (χ3v) is 8.67. The molecule has 1 N–H and O–H groups in total. The van der Waals surface area contributed by atoms with Crippen molar-refractivity contribution in [1.29, 1.82) is 0 Å². The van der Waals surface area contributed by atoms with Crippen molar-refractivity contribution in [3.05, 3.63) is 119 Å². The van der Waals surface area contributed by atoms with Gasteiger partial charge in [0, 0.05) is 35.3 Å². The summed E-state index contributed by atoms with van der Waals surface area (Å²) >= 11 is 1.43. The summed E-state index contributed by atoms with van der Waals surface area (Å²) in [5.41, 5.74) is 4.26. The van der Waals surface area contributed by atoms with E-state index in [1.807, 2.05) is 77.7 Å². The van der Waals surface area contributed by atoms with Gasteiger partial charge in [0.05, 0.1) is 17.1 Å². The Bertz CT molecular complexity index is 1790. The number of nitrogens with one attached hydrogen (secondary N) is 1. The Kier molecular flexibility index (Phi) is 6.85. The van der Waals surface area contributed by atoms with Crippen LogP contribution >= 0.6 is 11.3 Å². The summed E-state index contributed by atoms with van der Waals surface area (Å²) in [6, 6.07) is 28.8. The molecule has 0 aliphatic carbocycles. The predicted molar refractivity (Wildman–Crippen MR) is 165 cm³/mol. The van der Waals surface area contributed by atoms with Crippen LogP contribution in [0.3, 0.4) is 0 Å². The monoisotopic (exact) mass is 573 g/mol. The van der Waals surface area contributed by atoms with Crippen molar-refractivity contribution in [3.8, 4) is 16.2 Å². The number of hydrogen-bond donors (Lipinski definition) is 1. The molecule has 5 heterocycles. The zero-order valence-corrected chi connectivity index (χ0v) is 23.5. The maximum Gasteiger partial charge on any atom is 0.276 e. The minimum Gasteiger partial charge on any atom is -0.491 e. The van der Waals surface area contributed by atoms with Crippen molar-refractivity contribution < 1.29 is 14.3 Å². The average molecular weight is 574 g/mol. The van der Waals surface area contributed by atoms with Crippen LogP contribution in [0.4, 0.5) is 17.3 Å². The van der Waals surface area contributed by atoms with E-state index in [9.17, 15) is 9.59 Å². The molecule has 0 saturated heterocycles. The topological polar surface area (TPSA) is 87.7 Å². The van der Waals surface area contributed by atoms with Gasteiger partial charge in [0.1, 0.15) is 29.7 Å². The largest absolute Gasteiger partial charge is 0.491 e. The fourth-order valence-corrected chi connectivity index (χ4v) is 6.55. The molecule has 0 saturated carbocycles. The molecule has 0 bridgehead atoms. The Morgan fingerprint density at radius 3 is 2.64 bits per heavy atom. The third kappa shape index (κ3) is 4.99. The van der Waals surface area contributed by atoms with Gasteiger partial charge in [0.15, 0.2) is 0 Å². The zero-order chi connectivity index (χ0) is 28.5. The smallest absolute Gasteiger partial charge is 0.276 e. The predicted octanol–water partition coefficient (Wildman–Crippen LogP) is 6.06.